The first-order chi connectivity index (χ1) is 11.7. The number of hydrogen-bond acceptors (Lipinski definition) is 3. The number of ether oxygens (including phenoxy) is 1. The average molecular weight is 388 g/mol. The minimum atomic E-state index is 0. The lowest BCUT2D eigenvalue weighted by Crippen LogP contribution is -1.95. The fraction of sp³-hybridized carbons (Fsp3) is 0.100. The molecule has 0 aliphatic heterocycles. The van der Waals surface area contributed by atoms with Crippen LogP contribution in [0.5, 0.6) is 5.75 Å². The van der Waals surface area contributed by atoms with E-state index in [1.165, 1.54) is 0 Å². The monoisotopic (exact) mass is 387 g/mol. The molecule has 0 atom stereocenters. The highest BCUT2D eigenvalue weighted by Crippen LogP contribution is 2.24. The summed E-state index contributed by atoms with van der Waals surface area (Å²) in [6.45, 7) is 2.00. The van der Waals surface area contributed by atoms with Crippen LogP contribution in [-0.4, -0.2) is 21.6 Å². The summed E-state index contributed by atoms with van der Waals surface area (Å²) in [6.07, 6.45) is 3.78. The van der Waals surface area contributed by atoms with Gasteiger partial charge in [0.1, 0.15) is 11.6 Å². The highest BCUT2D eigenvalue weighted by atomic mass is 35.5. The maximum atomic E-state index is 5.21. The zero-order chi connectivity index (χ0) is 16.5. The molecule has 2 heterocycles. The zero-order valence-electron chi connectivity index (χ0n) is 14.4. The zero-order valence-corrected chi connectivity index (χ0v) is 16.1. The van der Waals surface area contributed by atoms with Gasteiger partial charge in [-0.2, -0.15) is 0 Å². The number of hydrogen-bond donors (Lipinski definition) is 0. The molecular formula is C20H19Cl2N3O. The van der Waals surface area contributed by atoms with Crippen LogP contribution in [0.1, 0.15) is 5.82 Å². The van der Waals surface area contributed by atoms with Crippen LogP contribution in [0.4, 0.5) is 0 Å². The molecule has 0 saturated heterocycles. The highest BCUT2D eigenvalue weighted by Gasteiger charge is 2.05. The minimum absolute atomic E-state index is 0. The van der Waals surface area contributed by atoms with Gasteiger partial charge in [0, 0.05) is 29.0 Å². The summed E-state index contributed by atoms with van der Waals surface area (Å²) in [6, 6.07) is 18.4. The Hall–Kier alpha value is -2.56. The summed E-state index contributed by atoms with van der Waals surface area (Å²) in [5.74, 6) is 1.82. The topological polar surface area (TPSA) is 39.9 Å². The molecule has 0 aliphatic carbocycles. The molecule has 4 aromatic rings. The fourth-order valence-electron chi connectivity index (χ4n) is 2.84. The molecule has 134 valence electrons. The summed E-state index contributed by atoms with van der Waals surface area (Å²) < 4.78 is 7.27. The molecule has 4 nitrogen and oxygen atoms in total. The van der Waals surface area contributed by atoms with Gasteiger partial charge in [-0.3, -0.25) is 0 Å². The standard InChI is InChI=1S/C20H17N3O.2ClH/c1-14-21-11-12-23(14)17-6-10-20-16(13-17)5-9-19(22-20)15-3-7-18(24-2)8-4-15;;/h3-13H,1-2H3;2*1H. The van der Waals surface area contributed by atoms with Crippen LogP contribution in [0.3, 0.4) is 0 Å². The van der Waals surface area contributed by atoms with E-state index in [1.54, 1.807) is 7.11 Å². The smallest absolute Gasteiger partial charge is 0.118 e. The number of methoxy groups -OCH3 is 1. The van der Waals surface area contributed by atoms with Crippen LogP contribution in [0.25, 0.3) is 27.8 Å². The molecule has 26 heavy (non-hydrogen) atoms. The summed E-state index contributed by atoms with van der Waals surface area (Å²) in [5.41, 5.74) is 4.10. The molecule has 0 aliphatic rings. The van der Waals surface area contributed by atoms with Gasteiger partial charge in [0.2, 0.25) is 0 Å². The van der Waals surface area contributed by atoms with Crippen molar-refractivity contribution in [2.75, 3.05) is 7.11 Å². The number of benzene rings is 2. The van der Waals surface area contributed by atoms with Crippen LogP contribution in [0, 0.1) is 6.92 Å². The molecule has 0 saturated carbocycles. The van der Waals surface area contributed by atoms with Crippen molar-refractivity contribution in [2.24, 2.45) is 0 Å². The SMILES string of the molecule is COc1ccc(-c2ccc3cc(-n4ccnc4C)ccc3n2)cc1.Cl.Cl. The first-order valence-electron chi connectivity index (χ1n) is 7.80. The average Bonchev–Trinajstić information content (AvgIpc) is 3.07. The number of nitrogens with zero attached hydrogens (tertiary/aromatic N) is 3. The van der Waals surface area contributed by atoms with Gasteiger partial charge < -0.3 is 9.30 Å². The number of rotatable bonds is 3. The highest BCUT2D eigenvalue weighted by molar-refractivity contribution is 5.86. The molecule has 6 heteroatoms. The molecule has 0 unspecified atom stereocenters. The number of imidazole rings is 1. The number of aromatic nitrogens is 3. The third kappa shape index (κ3) is 3.66. The van der Waals surface area contributed by atoms with Crippen molar-refractivity contribution in [1.29, 1.82) is 0 Å². The van der Waals surface area contributed by atoms with Gasteiger partial charge in [0.25, 0.3) is 0 Å². The van der Waals surface area contributed by atoms with Crippen LogP contribution >= 0.6 is 24.8 Å². The molecular weight excluding hydrogens is 369 g/mol. The Morgan fingerprint density at radius 1 is 0.923 bits per heavy atom. The molecule has 0 spiro atoms. The summed E-state index contributed by atoms with van der Waals surface area (Å²) >= 11 is 0. The number of halogens is 2. The van der Waals surface area contributed by atoms with Crippen LogP contribution < -0.4 is 4.74 Å². The maximum Gasteiger partial charge on any atom is 0.118 e. The van der Waals surface area contributed by atoms with E-state index in [0.717, 1.165) is 39.4 Å². The molecule has 4 rings (SSSR count). The van der Waals surface area contributed by atoms with Crippen LogP contribution in [0.2, 0.25) is 0 Å². The van der Waals surface area contributed by atoms with Gasteiger partial charge >= 0.3 is 0 Å². The number of pyridine rings is 1. The van der Waals surface area contributed by atoms with Crippen molar-refractivity contribution in [1.82, 2.24) is 14.5 Å². The Morgan fingerprint density at radius 2 is 1.69 bits per heavy atom. The molecule has 2 aromatic carbocycles. The van der Waals surface area contributed by atoms with E-state index in [2.05, 4.69) is 39.9 Å². The van der Waals surface area contributed by atoms with E-state index in [4.69, 9.17) is 9.72 Å². The largest absolute Gasteiger partial charge is 0.497 e. The molecule has 0 fully saturated rings. The van der Waals surface area contributed by atoms with E-state index in [0.29, 0.717) is 0 Å². The van der Waals surface area contributed by atoms with E-state index in [9.17, 15) is 0 Å². The maximum absolute atomic E-state index is 5.21. The second-order valence-corrected chi connectivity index (χ2v) is 5.65. The van der Waals surface area contributed by atoms with Crippen molar-refractivity contribution in [2.45, 2.75) is 6.92 Å². The molecule has 0 radical (unpaired) electrons. The lowest BCUT2D eigenvalue weighted by molar-refractivity contribution is 0.415. The van der Waals surface area contributed by atoms with Crippen molar-refractivity contribution in [3.05, 3.63) is 72.8 Å². The second kappa shape index (κ2) is 8.21. The van der Waals surface area contributed by atoms with Crippen LogP contribution in [0.15, 0.2) is 67.0 Å². The molecule has 0 N–H and O–H groups in total. The molecule has 0 bridgehead atoms. The van der Waals surface area contributed by atoms with E-state index < -0.39 is 0 Å². The Labute approximate surface area is 164 Å². The van der Waals surface area contributed by atoms with Gasteiger partial charge in [-0.05, 0) is 55.5 Å². The van der Waals surface area contributed by atoms with Gasteiger partial charge in [-0.1, -0.05) is 6.07 Å². The number of fused-ring (bicyclic) bond motifs is 1. The van der Waals surface area contributed by atoms with E-state index in [-0.39, 0.29) is 24.8 Å². The Morgan fingerprint density at radius 3 is 2.35 bits per heavy atom. The van der Waals surface area contributed by atoms with Gasteiger partial charge in [0.05, 0.1) is 18.3 Å². The third-order valence-electron chi connectivity index (χ3n) is 4.16. The van der Waals surface area contributed by atoms with Crippen molar-refractivity contribution >= 4 is 35.7 Å². The lowest BCUT2D eigenvalue weighted by atomic mass is 10.1. The first-order valence-corrected chi connectivity index (χ1v) is 7.80. The quantitative estimate of drug-likeness (QED) is 0.481. The minimum Gasteiger partial charge on any atom is -0.497 e. The summed E-state index contributed by atoms with van der Waals surface area (Å²) in [7, 11) is 1.67. The Kier molecular flexibility index (Phi) is 6.24. The lowest BCUT2D eigenvalue weighted by Gasteiger charge is -2.08. The molecule has 0 amide bonds. The fourth-order valence-corrected chi connectivity index (χ4v) is 2.84. The van der Waals surface area contributed by atoms with Crippen molar-refractivity contribution in [3.8, 4) is 22.7 Å². The van der Waals surface area contributed by atoms with Crippen molar-refractivity contribution < 1.29 is 4.74 Å². The summed E-state index contributed by atoms with van der Waals surface area (Å²) in [5, 5.41) is 1.11. The van der Waals surface area contributed by atoms with Crippen LogP contribution in [-0.2, 0) is 0 Å². The van der Waals surface area contributed by atoms with Gasteiger partial charge in [-0.15, -0.1) is 24.8 Å². The third-order valence-corrected chi connectivity index (χ3v) is 4.16. The van der Waals surface area contributed by atoms with E-state index >= 15 is 0 Å². The van der Waals surface area contributed by atoms with E-state index in [1.807, 2.05) is 43.6 Å². The summed E-state index contributed by atoms with van der Waals surface area (Å²) in [4.78, 5) is 9.06. The van der Waals surface area contributed by atoms with Gasteiger partial charge in [-0.25, -0.2) is 9.97 Å². The van der Waals surface area contributed by atoms with Gasteiger partial charge in [0.15, 0.2) is 0 Å². The normalized spacial score (nSPS) is 10.1. The predicted molar refractivity (Wildman–Crippen MR) is 110 cm³/mol. The first kappa shape index (κ1) is 19.8. The molecule has 2 aromatic heterocycles. The second-order valence-electron chi connectivity index (χ2n) is 5.65. The Balaban J connectivity index is 0.00000121. The van der Waals surface area contributed by atoms with Crippen molar-refractivity contribution in [3.63, 3.8) is 0 Å². The predicted octanol–water partition coefficient (Wildman–Crippen LogP) is 5.25. The number of aryl methyl sites for hydroxylation is 1. The Bertz CT molecular complexity index is 1010.